The molecular weight excluding hydrogens is 1230 g/mol. The molecule has 0 spiro atoms. The van der Waals surface area contributed by atoms with E-state index in [1.165, 1.54) is 127 Å². The summed E-state index contributed by atoms with van der Waals surface area (Å²) >= 11 is 0. The van der Waals surface area contributed by atoms with Crippen molar-refractivity contribution in [3.8, 4) is 0 Å². The van der Waals surface area contributed by atoms with Gasteiger partial charge in [-0.05, 0) is 168 Å². The van der Waals surface area contributed by atoms with Crippen LogP contribution in [0.2, 0.25) is 0 Å². The van der Waals surface area contributed by atoms with Crippen molar-refractivity contribution in [2.75, 3.05) is 16.0 Å². The first-order chi connectivity index (χ1) is 42.2. The Hall–Kier alpha value is -7.24. The normalized spacial score (nSPS) is 15.1. The number of phosphoric acid groups is 1. The van der Waals surface area contributed by atoms with Crippen LogP contribution in [0.5, 0.6) is 0 Å². The van der Waals surface area contributed by atoms with Crippen molar-refractivity contribution < 1.29 is 58.2 Å². The number of anilines is 6. The first-order valence-corrected chi connectivity index (χ1v) is 35.4. The third kappa shape index (κ3) is 15.2. The van der Waals surface area contributed by atoms with Crippen LogP contribution in [0.4, 0.5) is 51.2 Å². The zero-order valence-electron chi connectivity index (χ0n) is 49.9. The van der Waals surface area contributed by atoms with Crippen LogP contribution in [0.3, 0.4) is 0 Å². The average molecular weight is 1300 g/mol. The molecule has 0 aromatic heterocycles. The summed E-state index contributed by atoms with van der Waals surface area (Å²) in [5.74, 6) is 0. The number of nitrogens with zero attached hydrogens (tertiary/aromatic N) is 3. The Morgan fingerprint density at radius 2 is 0.629 bits per heavy atom. The van der Waals surface area contributed by atoms with Gasteiger partial charge in [-0.2, -0.15) is 0 Å². The topological polar surface area (TPSA) is 349 Å². The molecule has 6 aromatic rings. The molecule has 3 fully saturated rings. The molecule has 89 heavy (non-hydrogen) atoms. The Bertz CT molecular complexity index is 3610. The molecule has 0 saturated heterocycles. The zero-order chi connectivity index (χ0) is 64.3. The number of nitro groups is 3. The number of rotatable bonds is 33. The van der Waals surface area contributed by atoms with Crippen molar-refractivity contribution in [3.05, 3.63) is 174 Å². The Labute approximate surface area is 517 Å². The largest absolute Gasteiger partial charge is 0.477 e. The van der Waals surface area contributed by atoms with E-state index in [4.69, 9.17) is 13.6 Å². The molecule has 476 valence electrons. The van der Waals surface area contributed by atoms with E-state index in [0.717, 1.165) is 0 Å². The van der Waals surface area contributed by atoms with Crippen molar-refractivity contribution in [2.24, 2.45) is 0 Å². The molecule has 9 rings (SSSR count). The van der Waals surface area contributed by atoms with E-state index >= 15 is 4.57 Å². The summed E-state index contributed by atoms with van der Waals surface area (Å²) < 4.78 is 126. The minimum atomic E-state index is -5.38. The standard InChI is InChI=1S/C60H72N9O16PS3/c1-7-58(8-2,52-34-25-46(67(70)71)37-55(52)61-40-19-28-49(29-20-40)87(77,78)64-43-13-14-43)83-86(76,84-59(9-3,10-4)53-35-26-47(68(72)73)38-56(53)62-41-21-30-50(31-22-41)88(79,80)65-44-15-16-44)85-60(11-5,12-6)54-36-27-48(69(74)75)39-57(54)63-42-23-32-51(33-24-42)89(81,82)66-45-17-18-45/h19-39,43-45,61-66H,7-18H2,1-6H3. The third-order valence-electron chi connectivity index (χ3n) is 16.4. The van der Waals surface area contributed by atoms with E-state index in [1.54, 1.807) is 41.5 Å². The van der Waals surface area contributed by atoms with Crippen molar-refractivity contribution >= 4 is 89.1 Å². The second kappa shape index (κ2) is 26.3. The van der Waals surface area contributed by atoms with E-state index < -0.39 is 69.5 Å². The molecule has 0 bridgehead atoms. The van der Waals surface area contributed by atoms with E-state index in [-0.39, 0.29) is 122 Å². The maximum Gasteiger partial charge on any atom is 0.477 e. The van der Waals surface area contributed by atoms with E-state index in [1.807, 2.05) is 0 Å². The summed E-state index contributed by atoms with van der Waals surface area (Å²) in [6.45, 7) is 10.4. The van der Waals surface area contributed by atoms with Gasteiger partial charge in [-0.3, -0.25) is 43.9 Å². The quantitative estimate of drug-likeness (QED) is 0.0127. The SMILES string of the molecule is CCC(CC)(OP(=O)(OC(CC)(CC)c1ccc([N+](=O)[O-])cc1Nc1ccc(S(=O)(=O)NC2CC2)cc1)OC(CC)(CC)c1ccc([N+](=O)[O-])cc1Nc1ccc(S(=O)(=O)NC2CC2)cc1)c1ccc([N+](=O)[O-])cc1Nc1ccc(S(=O)(=O)NC2CC2)cc1. The van der Waals surface area contributed by atoms with Crippen LogP contribution in [0.1, 0.15) is 135 Å². The number of phosphoric ester groups is 1. The number of nitro benzene ring substituents is 3. The van der Waals surface area contributed by atoms with Crippen LogP contribution in [0.15, 0.2) is 142 Å². The fourth-order valence-corrected chi connectivity index (χ4v) is 17.0. The molecule has 6 N–H and O–H groups in total. The number of non-ortho nitro benzene ring substituents is 3. The molecule has 3 aliphatic rings. The number of nitrogens with one attached hydrogen (secondary N) is 6. The summed E-state index contributed by atoms with van der Waals surface area (Å²) in [7, 11) is -17.0. The van der Waals surface area contributed by atoms with Crippen LogP contribution >= 0.6 is 7.82 Å². The average Bonchev–Trinajstić information content (AvgIpc) is 1.48. The first-order valence-electron chi connectivity index (χ1n) is 29.4. The summed E-state index contributed by atoms with van der Waals surface area (Å²) in [6, 6.07) is 28.7. The molecule has 3 aliphatic carbocycles. The Balaban J connectivity index is 1.19. The van der Waals surface area contributed by atoms with Gasteiger partial charge in [0, 0.05) is 88.3 Å². The minimum Gasteiger partial charge on any atom is -0.355 e. The fourth-order valence-electron chi connectivity index (χ4n) is 10.6. The van der Waals surface area contributed by atoms with Crippen molar-refractivity contribution in [3.63, 3.8) is 0 Å². The Kier molecular flexibility index (Phi) is 19.6. The van der Waals surface area contributed by atoms with Gasteiger partial charge in [0.25, 0.3) is 17.1 Å². The summed E-state index contributed by atoms with van der Waals surface area (Å²) in [4.78, 5) is 35.8. The maximum atomic E-state index is 17.3. The highest BCUT2D eigenvalue weighted by molar-refractivity contribution is 7.90. The highest BCUT2D eigenvalue weighted by Crippen LogP contribution is 2.66. The molecule has 0 atom stereocenters. The predicted molar refractivity (Wildman–Crippen MR) is 336 cm³/mol. The Morgan fingerprint density at radius 1 is 0.404 bits per heavy atom. The minimum absolute atomic E-state index is 0.00826. The number of hydrogen-bond acceptors (Lipinski definition) is 19. The Morgan fingerprint density at radius 3 is 0.820 bits per heavy atom. The second-order valence-corrected chi connectivity index (χ2v) is 29.0. The lowest BCUT2D eigenvalue weighted by Crippen LogP contribution is -2.36. The lowest BCUT2D eigenvalue weighted by molar-refractivity contribution is -0.385. The smallest absolute Gasteiger partial charge is 0.355 e. The molecule has 29 heteroatoms. The molecule has 0 aliphatic heterocycles. The molecule has 0 radical (unpaired) electrons. The lowest BCUT2D eigenvalue weighted by atomic mass is 9.87. The van der Waals surface area contributed by atoms with Crippen LogP contribution in [0.25, 0.3) is 0 Å². The number of sulfonamides is 3. The fraction of sp³-hybridized carbons (Fsp3) is 0.400. The molecule has 0 amide bonds. The molecule has 0 unspecified atom stereocenters. The van der Waals surface area contributed by atoms with Crippen molar-refractivity contribution in [1.29, 1.82) is 0 Å². The van der Waals surface area contributed by atoms with Crippen LogP contribution < -0.4 is 30.1 Å². The highest BCUT2D eigenvalue weighted by atomic mass is 32.2. The zero-order valence-corrected chi connectivity index (χ0v) is 53.2. The van der Waals surface area contributed by atoms with Crippen LogP contribution in [-0.2, 0) is 65.0 Å². The monoisotopic (exact) mass is 1300 g/mol. The highest BCUT2D eigenvalue weighted by Gasteiger charge is 2.52. The van der Waals surface area contributed by atoms with Gasteiger partial charge in [0.15, 0.2) is 0 Å². The summed E-state index contributed by atoms with van der Waals surface area (Å²) in [6.07, 6.45) is 4.24. The van der Waals surface area contributed by atoms with Gasteiger partial charge in [-0.1, -0.05) is 41.5 Å². The van der Waals surface area contributed by atoms with Gasteiger partial charge < -0.3 is 16.0 Å². The van der Waals surface area contributed by atoms with Gasteiger partial charge in [-0.25, -0.2) is 44.0 Å². The maximum absolute atomic E-state index is 17.3. The van der Waals surface area contributed by atoms with E-state index in [2.05, 4.69) is 30.1 Å². The van der Waals surface area contributed by atoms with Crippen LogP contribution in [0, 0.1) is 30.3 Å². The molecule has 25 nitrogen and oxygen atoms in total. The van der Waals surface area contributed by atoms with Gasteiger partial charge in [0.2, 0.25) is 30.1 Å². The molecule has 3 saturated carbocycles. The van der Waals surface area contributed by atoms with Crippen molar-refractivity contribution in [2.45, 2.75) is 168 Å². The van der Waals surface area contributed by atoms with Crippen LogP contribution in [-0.4, -0.2) is 58.1 Å². The van der Waals surface area contributed by atoms with E-state index in [0.29, 0.717) is 55.6 Å². The van der Waals surface area contributed by atoms with E-state index in [9.17, 15) is 55.6 Å². The lowest BCUT2D eigenvalue weighted by Gasteiger charge is -2.44. The first kappa shape index (κ1) is 66.2. The van der Waals surface area contributed by atoms with Gasteiger partial charge in [-0.15, -0.1) is 0 Å². The number of benzene rings is 6. The van der Waals surface area contributed by atoms with Crippen molar-refractivity contribution in [1.82, 2.24) is 14.2 Å². The molecule has 0 heterocycles. The van der Waals surface area contributed by atoms with Gasteiger partial charge >= 0.3 is 7.82 Å². The summed E-state index contributed by atoms with van der Waals surface area (Å²) in [5, 5.41) is 47.2. The second-order valence-electron chi connectivity index (χ2n) is 22.4. The third-order valence-corrected chi connectivity index (χ3v) is 22.8. The molecule has 6 aromatic carbocycles. The molecular formula is C60H72N9O16PS3. The number of hydrogen-bond donors (Lipinski definition) is 6. The predicted octanol–water partition coefficient (Wildman–Crippen LogP) is 13.6. The van der Waals surface area contributed by atoms with Gasteiger partial charge in [0.1, 0.15) is 16.8 Å². The van der Waals surface area contributed by atoms with Gasteiger partial charge in [0.05, 0.1) is 46.5 Å². The summed E-state index contributed by atoms with van der Waals surface area (Å²) in [5.41, 5.74) is -4.37.